The monoisotopic (exact) mass is 305 g/mol. The Morgan fingerprint density at radius 3 is 2.70 bits per heavy atom. The maximum Gasteiger partial charge on any atom is 0.256 e. The molecule has 1 heterocycles. The molecule has 0 unspecified atom stereocenters. The van der Waals surface area contributed by atoms with Crippen molar-refractivity contribution >= 4 is 28.2 Å². The van der Waals surface area contributed by atoms with Crippen LogP contribution >= 0.6 is 0 Å². The summed E-state index contributed by atoms with van der Waals surface area (Å²) in [6.07, 6.45) is 0.913. The molecule has 0 saturated carbocycles. The van der Waals surface area contributed by atoms with Gasteiger partial charge in [0.1, 0.15) is 0 Å². The first-order valence-electron chi connectivity index (χ1n) is 7.64. The van der Waals surface area contributed by atoms with E-state index in [1.807, 2.05) is 43.3 Å². The smallest absolute Gasteiger partial charge is 0.256 e. The Hall–Kier alpha value is -2.88. The number of anilines is 2. The molecule has 0 aliphatic carbocycles. The molecular weight excluding hydrogens is 286 g/mol. The quantitative estimate of drug-likeness (QED) is 0.720. The van der Waals surface area contributed by atoms with Gasteiger partial charge >= 0.3 is 0 Å². The van der Waals surface area contributed by atoms with Crippen molar-refractivity contribution in [2.24, 2.45) is 0 Å². The van der Waals surface area contributed by atoms with Crippen molar-refractivity contribution in [3.05, 3.63) is 65.4 Å². The Bertz CT molecular complexity index is 887. The van der Waals surface area contributed by atoms with Gasteiger partial charge in [0.05, 0.1) is 22.5 Å². The van der Waals surface area contributed by atoms with Crippen LogP contribution < -0.4 is 11.1 Å². The molecule has 0 saturated heterocycles. The molecule has 3 aromatic rings. The van der Waals surface area contributed by atoms with E-state index >= 15 is 0 Å². The Kier molecular flexibility index (Phi) is 3.98. The normalized spacial score (nSPS) is 10.7. The number of aromatic nitrogens is 1. The maximum atomic E-state index is 12.7. The number of benzene rings is 2. The number of amides is 1. The molecule has 3 rings (SSSR count). The van der Waals surface area contributed by atoms with Gasteiger partial charge in [0, 0.05) is 11.1 Å². The van der Waals surface area contributed by atoms with Crippen molar-refractivity contribution in [1.82, 2.24) is 4.98 Å². The van der Waals surface area contributed by atoms with Gasteiger partial charge in [-0.1, -0.05) is 25.1 Å². The zero-order valence-corrected chi connectivity index (χ0v) is 13.3. The van der Waals surface area contributed by atoms with Gasteiger partial charge in [0.15, 0.2) is 0 Å². The number of nitrogens with one attached hydrogen (secondary N) is 1. The molecule has 1 amide bonds. The van der Waals surface area contributed by atoms with Crippen LogP contribution in [-0.4, -0.2) is 10.9 Å². The second kappa shape index (κ2) is 6.08. The third-order valence-electron chi connectivity index (χ3n) is 3.86. The van der Waals surface area contributed by atoms with Crippen molar-refractivity contribution in [3.63, 3.8) is 0 Å². The molecule has 0 aliphatic heterocycles. The zero-order valence-electron chi connectivity index (χ0n) is 13.3. The van der Waals surface area contributed by atoms with E-state index in [-0.39, 0.29) is 5.91 Å². The first-order valence-corrected chi connectivity index (χ1v) is 7.64. The van der Waals surface area contributed by atoms with Gasteiger partial charge < -0.3 is 11.1 Å². The lowest BCUT2D eigenvalue weighted by atomic mass is 10.0. The number of hydrogen-bond acceptors (Lipinski definition) is 3. The third kappa shape index (κ3) is 3.01. The number of nitrogens with two attached hydrogens (primary N) is 1. The zero-order chi connectivity index (χ0) is 16.4. The van der Waals surface area contributed by atoms with Crippen molar-refractivity contribution in [2.75, 3.05) is 11.1 Å². The Labute approximate surface area is 135 Å². The number of aryl methyl sites for hydroxylation is 2. The highest BCUT2D eigenvalue weighted by Gasteiger charge is 2.13. The summed E-state index contributed by atoms with van der Waals surface area (Å²) in [6.45, 7) is 3.98. The predicted octanol–water partition coefficient (Wildman–Crippen LogP) is 3.94. The molecule has 0 atom stereocenters. The fourth-order valence-corrected chi connectivity index (χ4v) is 2.61. The Morgan fingerprint density at radius 1 is 1.17 bits per heavy atom. The number of pyridine rings is 1. The summed E-state index contributed by atoms with van der Waals surface area (Å²) in [4.78, 5) is 17.3. The van der Waals surface area contributed by atoms with Gasteiger partial charge in [0.2, 0.25) is 0 Å². The van der Waals surface area contributed by atoms with Crippen molar-refractivity contribution in [2.45, 2.75) is 20.3 Å². The molecule has 0 spiro atoms. The lowest BCUT2D eigenvalue weighted by molar-refractivity contribution is 0.102. The highest BCUT2D eigenvalue weighted by molar-refractivity contribution is 6.13. The first-order chi connectivity index (χ1) is 11.1. The molecule has 23 heavy (non-hydrogen) atoms. The van der Waals surface area contributed by atoms with Crippen LogP contribution in [0.15, 0.2) is 48.5 Å². The minimum absolute atomic E-state index is 0.174. The highest BCUT2D eigenvalue weighted by atomic mass is 16.1. The second-order valence-electron chi connectivity index (χ2n) is 5.56. The molecule has 0 radical (unpaired) electrons. The largest absolute Gasteiger partial charge is 0.397 e. The highest BCUT2D eigenvalue weighted by Crippen LogP contribution is 2.23. The standard InChI is InChI=1S/C19H19N3O/c1-3-13-8-9-17-14(11-13)15(10-12(2)21-17)19(23)22-18-7-5-4-6-16(18)20/h4-11H,3,20H2,1-2H3,(H,22,23). The number of hydrogen-bond donors (Lipinski definition) is 2. The summed E-state index contributed by atoms with van der Waals surface area (Å²) in [7, 11) is 0. The topological polar surface area (TPSA) is 68.0 Å². The van der Waals surface area contributed by atoms with Crippen molar-refractivity contribution in [1.29, 1.82) is 0 Å². The fourth-order valence-electron chi connectivity index (χ4n) is 2.61. The molecule has 116 valence electrons. The minimum Gasteiger partial charge on any atom is -0.397 e. The van der Waals surface area contributed by atoms with Gasteiger partial charge in [0.25, 0.3) is 5.91 Å². The van der Waals surface area contributed by atoms with E-state index in [0.717, 1.165) is 23.0 Å². The minimum atomic E-state index is -0.174. The van der Waals surface area contributed by atoms with Crippen LogP contribution in [0.5, 0.6) is 0 Å². The second-order valence-corrected chi connectivity index (χ2v) is 5.56. The van der Waals surface area contributed by atoms with Gasteiger partial charge in [-0.05, 0) is 49.2 Å². The van der Waals surface area contributed by atoms with Crippen LogP contribution in [-0.2, 0) is 6.42 Å². The molecule has 0 fully saturated rings. The number of fused-ring (bicyclic) bond motifs is 1. The van der Waals surface area contributed by atoms with Crippen LogP contribution in [0.1, 0.15) is 28.5 Å². The first kappa shape index (κ1) is 15.0. The SMILES string of the molecule is CCc1ccc2nc(C)cc(C(=O)Nc3ccccc3N)c2c1. The van der Waals surface area contributed by atoms with E-state index in [1.54, 1.807) is 12.1 Å². The number of carbonyl (C=O) groups is 1. The average molecular weight is 305 g/mol. The molecule has 1 aromatic heterocycles. The summed E-state index contributed by atoms with van der Waals surface area (Å²) in [5.41, 5.74) is 10.5. The number of rotatable bonds is 3. The summed E-state index contributed by atoms with van der Waals surface area (Å²) < 4.78 is 0. The average Bonchev–Trinajstić information content (AvgIpc) is 2.55. The van der Waals surface area contributed by atoms with Gasteiger partial charge in [-0.15, -0.1) is 0 Å². The van der Waals surface area contributed by atoms with E-state index in [4.69, 9.17) is 5.73 Å². The molecule has 4 heteroatoms. The third-order valence-corrected chi connectivity index (χ3v) is 3.86. The molecule has 2 aromatic carbocycles. The summed E-state index contributed by atoms with van der Waals surface area (Å²) in [5.74, 6) is -0.174. The number of nitrogen functional groups attached to an aromatic ring is 1. The number of carbonyl (C=O) groups excluding carboxylic acids is 1. The van der Waals surface area contributed by atoms with Gasteiger partial charge in [-0.25, -0.2) is 0 Å². The van der Waals surface area contributed by atoms with Crippen LogP contribution in [0.2, 0.25) is 0 Å². The molecule has 3 N–H and O–H groups in total. The van der Waals surface area contributed by atoms with Crippen molar-refractivity contribution in [3.8, 4) is 0 Å². The van der Waals surface area contributed by atoms with Crippen LogP contribution in [0.4, 0.5) is 11.4 Å². The maximum absolute atomic E-state index is 12.7. The van der Waals surface area contributed by atoms with Crippen LogP contribution in [0, 0.1) is 6.92 Å². The van der Waals surface area contributed by atoms with Crippen molar-refractivity contribution < 1.29 is 4.79 Å². The summed E-state index contributed by atoms with van der Waals surface area (Å²) >= 11 is 0. The predicted molar refractivity (Wildman–Crippen MR) is 94.7 cm³/mol. The van der Waals surface area contributed by atoms with E-state index in [9.17, 15) is 4.79 Å². The fraction of sp³-hybridized carbons (Fsp3) is 0.158. The van der Waals surface area contributed by atoms with E-state index < -0.39 is 0 Å². The summed E-state index contributed by atoms with van der Waals surface area (Å²) in [5, 5.41) is 3.75. The van der Waals surface area contributed by atoms with E-state index in [0.29, 0.717) is 16.9 Å². The lowest BCUT2D eigenvalue weighted by Gasteiger charge is -2.11. The van der Waals surface area contributed by atoms with Crippen LogP contribution in [0.3, 0.4) is 0 Å². The number of para-hydroxylation sites is 2. The van der Waals surface area contributed by atoms with E-state index in [1.165, 1.54) is 5.56 Å². The Morgan fingerprint density at radius 2 is 1.96 bits per heavy atom. The van der Waals surface area contributed by atoms with Gasteiger partial charge in [-0.2, -0.15) is 0 Å². The Balaban J connectivity index is 2.07. The molecule has 4 nitrogen and oxygen atoms in total. The summed E-state index contributed by atoms with van der Waals surface area (Å²) in [6, 6.07) is 15.1. The van der Waals surface area contributed by atoms with Gasteiger partial charge in [-0.3, -0.25) is 9.78 Å². The van der Waals surface area contributed by atoms with E-state index in [2.05, 4.69) is 17.2 Å². The molecular formula is C19H19N3O. The molecule has 0 aliphatic rings. The number of nitrogens with zero attached hydrogens (tertiary/aromatic N) is 1. The van der Waals surface area contributed by atoms with Crippen LogP contribution in [0.25, 0.3) is 10.9 Å². The lowest BCUT2D eigenvalue weighted by Crippen LogP contribution is -2.14. The molecule has 0 bridgehead atoms.